The van der Waals surface area contributed by atoms with Crippen LogP contribution in [-0.2, 0) is 0 Å². The van der Waals surface area contributed by atoms with E-state index >= 15 is 0 Å². The predicted molar refractivity (Wildman–Crippen MR) is 107 cm³/mol. The number of aromatic nitrogens is 3. The highest BCUT2D eigenvalue weighted by Crippen LogP contribution is 2.31. The van der Waals surface area contributed by atoms with E-state index in [4.69, 9.17) is 33.8 Å². The van der Waals surface area contributed by atoms with E-state index in [1.165, 1.54) is 11.0 Å². The molecule has 0 bridgehead atoms. The van der Waals surface area contributed by atoms with Crippen molar-refractivity contribution in [3.05, 3.63) is 29.6 Å². The van der Waals surface area contributed by atoms with E-state index < -0.39 is 0 Å². The van der Waals surface area contributed by atoms with E-state index in [1.807, 2.05) is 19.9 Å². The number of rotatable bonds is 10. The van der Waals surface area contributed by atoms with Crippen molar-refractivity contribution in [1.82, 2.24) is 14.9 Å². The Kier molecular flexibility index (Phi) is 7.80. The minimum absolute atomic E-state index is 0.343. The highest BCUT2D eigenvalue weighted by Gasteiger charge is 2.14. The van der Waals surface area contributed by atoms with Crippen LogP contribution in [0.3, 0.4) is 0 Å². The van der Waals surface area contributed by atoms with Gasteiger partial charge in [-0.1, -0.05) is 0 Å². The average molecular weight is 400 g/mol. The first-order valence-corrected chi connectivity index (χ1v) is 9.26. The molecule has 1 heterocycles. The topological polar surface area (TPSA) is 93.6 Å². The van der Waals surface area contributed by atoms with Crippen LogP contribution in [-0.4, -0.2) is 52.5 Å². The van der Waals surface area contributed by atoms with Crippen molar-refractivity contribution in [2.75, 3.05) is 47.6 Å². The standard InChI is InChI=1S/C16H23Cl2N7O/c1-3-26-15-9-13(10-20-22-16-23-21-11-25(16)19)12(2)8-14(15)24(6-4-17)7-5-18/h8-11H,3-7,19H2,1-2H3,(H,22,23)/b20-10-. The number of halogens is 2. The molecule has 0 saturated carbocycles. The second-order valence-electron chi connectivity index (χ2n) is 5.41. The van der Waals surface area contributed by atoms with E-state index in [1.54, 1.807) is 6.21 Å². The normalized spacial score (nSPS) is 11.1. The lowest BCUT2D eigenvalue weighted by Crippen LogP contribution is -2.28. The number of nitrogens with one attached hydrogen (secondary N) is 1. The Labute approximate surface area is 162 Å². The molecule has 1 aromatic heterocycles. The fraction of sp³-hybridized carbons (Fsp3) is 0.438. The molecule has 26 heavy (non-hydrogen) atoms. The van der Waals surface area contributed by atoms with Crippen LogP contribution in [0.5, 0.6) is 5.75 Å². The largest absolute Gasteiger partial charge is 0.492 e. The van der Waals surface area contributed by atoms with Crippen molar-refractivity contribution < 1.29 is 4.74 Å². The van der Waals surface area contributed by atoms with Crippen LogP contribution in [0.15, 0.2) is 23.6 Å². The number of hydrogen-bond acceptors (Lipinski definition) is 7. The van der Waals surface area contributed by atoms with Crippen LogP contribution < -0.4 is 20.9 Å². The van der Waals surface area contributed by atoms with E-state index in [0.717, 1.165) is 22.6 Å². The molecule has 0 aliphatic carbocycles. The first kappa shape index (κ1) is 20.1. The quantitative estimate of drug-likeness (QED) is 0.275. The van der Waals surface area contributed by atoms with Crippen molar-refractivity contribution in [3.63, 3.8) is 0 Å². The summed E-state index contributed by atoms with van der Waals surface area (Å²) in [5, 5.41) is 11.6. The molecular formula is C16H23Cl2N7O. The molecule has 142 valence electrons. The molecule has 0 spiro atoms. The first-order valence-electron chi connectivity index (χ1n) is 8.19. The zero-order chi connectivity index (χ0) is 18.9. The lowest BCUT2D eigenvalue weighted by Gasteiger charge is -2.26. The first-order chi connectivity index (χ1) is 12.6. The average Bonchev–Trinajstić information content (AvgIpc) is 3.02. The Morgan fingerprint density at radius 3 is 2.65 bits per heavy atom. The zero-order valence-corrected chi connectivity index (χ0v) is 16.3. The van der Waals surface area contributed by atoms with Gasteiger partial charge >= 0.3 is 0 Å². The number of anilines is 2. The molecule has 0 atom stereocenters. The number of benzene rings is 1. The second kappa shape index (κ2) is 10.1. The van der Waals surface area contributed by atoms with E-state index in [9.17, 15) is 0 Å². The Bertz CT molecular complexity index is 729. The minimum Gasteiger partial charge on any atom is -0.492 e. The molecule has 10 heteroatoms. The zero-order valence-electron chi connectivity index (χ0n) is 14.8. The number of nitrogens with two attached hydrogens (primary N) is 1. The maximum absolute atomic E-state index is 5.93. The molecule has 0 amide bonds. The van der Waals surface area contributed by atoms with Gasteiger partial charge in [0.25, 0.3) is 5.95 Å². The number of hydrazone groups is 1. The van der Waals surface area contributed by atoms with E-state index in [-0.39, 0.29) is 0 Å². The number of nitrogen functional groups attached to an aromatic ring is 1. The van der Waals surface area contributed by atoms with Crippen LogP contribution in [0.4, 0.5) is 11.6 Å². The third-order valence-corrected chi connectivity index (χ3v) is 3.98. The Hall–Kier alpha value is -2.19. The van der Waals surface area contributed by atoms with Crippen molar-refractivity contribution in [2.45, 2.75) is 13.8 Å². The van der Waals surface area contributed by atoms with Gasteiger partial charge in [-0.2, -0.15) is 5.10 Å². The lowest BCUT2D eigenvalue weighted by molar-refractivity contribution is 0.340. The summed E-state index contributed by atoms with van der Waals surface area (Å²) >= 11 is 11.9. The van der Waals surface area contributed by atoms with Crippen LogP contribution in [0, 0.1) is 6.92 Å². The molecule has 3 N–H and O–H groups in total. The molecular weight excluding hydrogens is 377 g/mol. The lowest BCUT2D eigenvalue weighted by atomic mass is 10.1. The third kappa shape index (κ3) is 5.15. The molecule has 0 unspecified atom stereocenters. The molecule has 2 rings (SSSR count). The molecule has 0 radical (unpaired) electrons. The summed E-state index contributed by atoms with van der Waals surface area (Å²) in [5.74, 6) is 7.75. The van der Waals surface area contributed by atoms with Gasteiger partial charge in [-0.05, 0) is 31.5 Å². The Morgan fingerprint density at radius 2 is 2.08 bits per heavy atom. The number of nitrogens with zero attached hydrogens (tertiary/aromatic N) is 5. The van der Waals surface area contributed by atoms with Gasteiger partial charge in [0.2, 0.25) is 0 Å². The van der Waals surface area contributed by atoms with Crippen LogP contribution >= 0.6 is 23.2 Å². The molecule has 0 aliphatic rings. The maximum Gasteiger partial charge on any atom is 0.263 e. The highest BCUT2D eigenvalue weighted by atomic mass is 35.5. The monoisotopic (exact) mass is 399 g/mol. The number of ether oxygens (including phenoxy) is 1. The van der Waals surface area contributed by atoms with Gasteiger partial charge in [0.1, 0.15) is 12.1 Å². The third-order valence-electron chi connectivity index (χ3n) is 3.64. The fourth-order valence-electron chi connectivity index (χ4n) is 2.38. The van der Waals surface area contributed by atoms with Crippen molar-refractivity contribution in [1.29, 1.82) is 0 Å². The van der Waals surface area contributed by atoms with Gasteiger partial charge in [-0.25, -0.2) is 10.1 Å². The van der Waals surface area contributed by atoms with Gasteiger partial charge in [0, 0.05) is 30.4 Å². The van der Waals surface area contributed by atoms with Crippen molar-refractivity contribution >= 4 is 41.1 Å². The smallest absolute Gasteiger partial charge is 0.263 e. The Balaban J connectivity index is 2.27. The molecule has 8 nitrogen and oxygen atoms in total. The summed E-state index contributed by atoms with van der Waals surface area (Å²) in [4.78, 5) is 2.12. The molecule has 2 aromatic rings. The van der Waals surface area contributed by atoms with Gasteiger partial charge in [-0.15, -0.1) is 33.4 Å². The summed E-state index contributed by atoms with van der Waals surface area (Å²) < 4.78 is 7.07. The van der Waals surface area contributed by atoms with Crippen LogP contribution in [0.1, 0.15) is 18.1 Å². The van der Waals surface area contributed by atoms with Crippen molar-refractivity contribution in [3.8, 4) is 5.75 Å². The summed E-state index contributed by atoms with van der Waals surface area (Å²) in [5.41, 5.74) is 5.66. The molecule has 0 saturated heterocycles. The van der Waals surface area contributed by atoms with Gasteiger partial charge in [0.15, 0.2) is 0 Å². The highest BCUT2D eigenvalue weighted by molar-refractivity contribution is 6.18. The van der Waals surface area contributed by atoms with Gasteiger partial charge < -0.3 is 15.5 Å². The number of alkyl halides is 2. The van der Waals surface area contributed by atoms with E-state index in [2.05, 4.69) is 31.7 Å². The summed E-state index contributed by atoms with van der Waals surface area (Å²) in [6, 6.07) is 4.00. The fourth-order valence-corrected chi connectivity index (χ4v) is 2.79. The van der Waals surface area contributed by atoms with Crippen LogP contribution in [0.2, 0.25) is 0 Å². The minimum atomic E-state index is 0.343. The summed E-state index contributed by atoms with van der Waals surface area (Å²) in [7, 11) is 0. The SMILES string of the molecule is CCOc1cc(/C=N\Nc2nncn2N)c(C)cc1N(CCCl)CCCl. The van der Waals surface area contributed by atoms with Crippen molar-refractivity contribution in [2.24, 2.45) is 5.10 Å². The number of hydrogen-bond donors (Lipinski definition) is 2. The number of aryl methyl sites for hydroxylation is 1. The second-order valence-corrected chi connectivity index (χ2v) is 6.16. The molecule has 1 aromatic carbocycles. The van der Waals surface area contributed by atoms with Crippen LogP contribution in [0.25, 0.3) is 0 Å². The summed E-state index contributed by atoms with van der Waals surface area (Å²) in [6.07, 6.45) is 3.07. The molecule has 0 fully saturated rings. The maximum atomic E-state index is 5.93. The Morgan fingerprint density at radius 1 is 1.35 bits per heavy atom. The predicted octanol–water partition coefficient (Wildman–Crippen LogP) is 2.43. The summed E-state index contributed by atoms with van der Waals surface area (Å²) in [6.45, 7) is 5.88. The van der Waals surface area contributed by atoms with E-state index in [0.29, 0.717) is 37.4 Å². The van der Waals surface area contributed by atoms with Gasteiger partial charge in [0.05, 0.1) is 18.5 Å². The van der Waals surface area contributed by atoms with Gasteiger partial charge in [-0.3, -0.25) is 0 Å². The molecule has 0 aliphatic heterocycles.